The van der Waals surface area contributed by atoms with Gasteiger partial charge in [0.25, 0.3) is 5.91 Å². The third kappa shape index (κ3) is 4.22. The van der Waals surface area contributed by atoms with Gasteiger partial charge in [-0.1, -0.05) is 42.5 Å². The number of carbonyl (C=O) groups is 1. The number of nitrogens with two attached hydrogens (primary N) is 1. The zero-order chi connectivity index (χ0) is 16.8. The highest BCUT2D eigenvalue weighted by atomic mass is 16.1. The topological polar surface area (TPSA) is 58.4 Å². The molecule has 3 rings (SSSR count). The fraction of sp³-hybridized carbons (Fsp3) is 0.350. The second-order valence-electron chi connectivity index (χ2n) is 6.36. The van der Waals surface area contributed by atoms with Crippen LogP contribution >= 0.6 is 0 Å². The molecule has 2 aromatic rings. The minimum atomic E-state index is -0.00914. The number of likely N-dealkylation sites (tertiary alicyclic amines) is 1. The third-order valence-corrected chi connectivity index (χ3v) is 4.68. The lowest BCUT2D eigenvalue weighted by Crippen LogP contribution is -2.39. The smallest absolute Gasteiger partial charge is 0.251 e. The van der Waals surface area contributed by atoms with Crippen molar-refractivity contribution in [2.45, 2.75) is 32.0 Å². The molecule has 0 aromatic heterocycles. The average molecular weight is 323 g/mol. The van der Waals surface area contributed by atoms with Gasteiger partial charge in [0.15, 0.2) is 0 Å². The zero-order valence-electron chi connectivity index (χ0n) is 13.9. The highest BCUT2D eigenvalue weighted by molar-refractivity contribution is 5.94. The molecule has 0 bridgehead atoms. The monoisotopic (exact) mass is 323 g/mol. The zero-order valence-corrected chi connectivity index (χ0v) is 13.9. The first-order chi connectivity index (χ1) is 11.8. The van der Waals surface area contributed by atoms with Crippen LogP contribution in [0.4, 0.5) is 0 Å². The maximum Gasteiger partial charge on any atom is 0.251 e. The molecule has 0 aliphatic carbocycles. The molecule has 4 heteroatoms. The van der Waals surface area contributed by atoms with E-state index in [0.29, 0.717) is 24.7 Å². The van der Waals surface area contributed by atoms with Gasteiger partial charge in [0, 0.05) is 31.2 Å². The molecular weight excluding hydrogens is 298 g/mol. The summed E-state index contributed by atoms with van der Waals surface area (Å²) in [5.41, 5.74) is 8.65. The largest absolute Gasteiger partial charge is 0.350 e. The number of hydrogen-bond acceptors (Lipinski definition) is 3. The van der Waals surface area contributed by atoms with Crippen LogP contribution in [0.3, 0.4) is 0 Å². The molecule has 0 saturated carbocycles. The second kappa shape index (κ2) is 8.08. The summed E-state index contributed by atoms with van der Waals surface area (Å²) < 4.78 is 0. The van der Waals surface area contributed by atoms with Crippen molar-refractivity contribution >= 4 is 5.91 Å². The number of carbonyl (C=O) groups excluding carboxylic acids is 1. The Hall–Kier alpha value is -2.17. The van der Waals surface area contributed by atoms with Gasteiger partial charge in [0.2, 0.25) is 0 Å². The van der Waals surface area contributed by atoms with Gasteiger partial charge < -0.3 is 11.1 Å². The molecule has 4 nitrogen and oxygen atoms in total. The second-order valence-corrected chi connectivity index (χ2v) is 6.36. The summed E-state index contributed by atoms with van der Waals surface area (Å²) in [6, 6.07) is 18.4. The number of hydrogen-bond donors (Lipinski definition) is 2. The first-order valence-corrected chi connectivity index (χ1v) is 8.61. The highest BCUT2D eigenvalue weighted by Crippen LogP contribution is 2.19. The van der Waals surface area contributed by atoms with Gasteiger partial charge in [0.05, 0.1) is 0 Å². The van der Waals surface area contributed by atoms with Gasteiger partial charge in [-0.3, -0.25) is 9.69 Å². The molecule has 1 aliphatic heterocycles. The molecule has 1 unspecified atom stereocenters. The van der Waals surface area contributed by atoms with Crippen LogP contribution < -0.4 is 11.1 Å². The highest BCUT2D eigenvalue weighted by Gasteiger charge is 2.24. The van der Waals surface area contributed by atoms with E-state index >= 15 is 0 Å². The number of rotatable bonds is 6. The maximum absolute atomic E-state index is 12.3. The predicted octanol–water partition coefficient (Wildman–Crippen LogP) is 2.54. The van der Waals surface area contributed by atoms with E-state index in [2.05, 4.69) is 34.5 Å². The van der Waals surface area contributed by atoms with Crippen molar-refractivity contribution in [3.8, 4) is 0 Å². The SMILES string of the molecule is NCc1ccc(C(=O)NCC2CCCN2Cc2ccccc2)cc1. The molecule has 1 aliphatic rings. The van der Waals surface area contributed by atoms with Crippen molar-refractivity contribution in [1.82, 2.24) is 10.2 Å². The third-order valence-electron chi connectivity index (χ3n) is 4.68. The molecule has 1 saturated heterocycles. The minimum absolute atomic E-state index is 0.00914. The number of benzene rings is 2. The fourth-order valence-corrected chi connectivity index (χ4v) is 3.26. The van der Waals surface area contributed by atoms with E-state index in [9.17, 15) is 4.79 Å². The van der Waals surface area contributed by atoms with Crippen molar-refractivity contribution in [3.63, 3.8) is 0 Å². The van der Waals surface area contributed by atoms with E-state index in [1.165, 1.54) is 12.0 Å². The Kier molecular flexibility index (Phi) is 5.62. The van der Waals surface area contributed by atoms with Crippen molar-refractivity contribution in [3.05, 3.63) is 71.3 Å². The lowest BCUT2D eigenvalue weighted by molar-refractivity contribution is 0.0940. The molecule has 126 valence electrons. The summed E-state index contributed by atoms with van der Waals surface area (Å²) in [7, 11) is 0. The van der Waals surface area contributed by atoms with E-state index in [0.717, 1.165) is 25.1 Å². The van der Waals surface area contributed by atoms with Gasteiger partial charge in [-0.05, 0) is 42.6 Å². The standard InChI is InChI=1S/C20H25N3O/c21-13-16-8-10-18(11-9-16)20(24)22-14-19-7-4-12-23(19)15-17-5-2-1-3-6-17/h1-3,5-6,8-11,19H,4,7,12-15,21H2,(H,22,24). The Bertz CT molecular complexity index is 654. The summed E-state index contributed by atoms with van der Waals surface area (Å²) in [4.78, 5) is 14.8. The Labute approximate surface area is 143 Å². The average Bonchev–Trinajstić information content (AvgIpc) is 3.07. The fourth-order valence-electron chi connectivity index (χ4n) is 3.26. The van der Waals surface area contributed by atoms with Crippen molar-refractivity contribution in [1.29, 1.82) is 0 Å². The van der Waals surface area contributed by atoms with Crippen LogP contribution in [0.25, 0.3) is 0 Å². The molecule has 0 spiro atoms. The first kappa shape index (κ1) is 16.7. The first-order valence-electron chi connectivity index (χ1n) is 8.61. The van der Waals surface area contributed by atoms with Crippen LogP contribution in [0.1, 0.15) is 34.3 Å². The predicted molar refractivity (Wildman–Crippen MR) is 96.5 cm³/mol. The van der Waals surface area contributed by atoms with Crippen molar-refractivity contribution < 1.29 is 4.79 Å². The minimum Gasteiger partial charge on any atom is -0.350 e. The number of nitrogens with one attached hydrogen (secondary N) is 1. The Morgan fingerprint density at radius 3 is 2.54 bits per heavy atom. The molecule has 1 fully saturated rings. The maximum atomic E-state index is 12.3. The number of nitrogens with zero attached hydrogens (tertiary/aromatic N) is 1. The summed E-state index contributed by atoms with van der Waals surface area (Å²) in [6.45, 7) is 3.25. The molecule has 1 atom stereocenters. The van der Waals surface area contributed by atoms with E-state index in [4.69, 9.17) is 5.73 Å². The van der Waals surface area contributed by atoms with Crippen LogP contribution in [0.15, 0.2) is 54.6 Å². The Balaban J connectivity index is 1.53. The summed E-state index contributed by atoms with van der Waals surface area (Å²) in [5, 5.41) is 3.08. The Morgan fingerprint density at radius 1 is 1.08 bits per heavy atom. The molecule has 24 heavy (non-hydrogen) atoms. The molecule has 3 N–H and O–H groups in total. The quantitative estimate of drug-likeness (QED) is 0.859. The van der Waals surface area contributed by atoms with Gasteiger partial charge >= 0.3 is 0 Å². The molecule has 1 heterocycles. The van der Waals surface area contributed by atoms with Crippen LogP contribution in [-0.4, -0.2) is 29.9 Å². The van der Waals surface area contributed by atoms with Crippen LogP contribution in [0.5, 0.6) is 0 Å². The van der Waals surface area contributed by atoms with Gasteiger partial charge in [-0.15, -0.1) is 0 Å². The van der Waals surface area contributed by atoms with Gasteiger partial charge in [-0.25, -0.2) is 0 Å². The van der Waals surface area contributed by atoms with Gasteiger partial charge in [-0.2, -0.15) is 0 Å². The molecule has 0 radical (unpaired) electrons. The van der Waals surface area contributed by atoms with Crippen LogP contribution in [-0.2, 0) is 13.1 Å². The molecule has 1 amide bonds. The van der Waals surface area contributed by atoms with E-state index in [-0.39, 0.29) is 5.91 Å². The summed E-state index contributed by atoms with van der Waals surface area (Å²) in [5.74, 6) is -0.00914. The van der Waals surface area contributed by atoms with E-state index < -0.39 is 0 Å². The normalized spacial score (nSPS) is 17.8. The number of amides is 1. The summed E-state index contributed by atoms with van der Waals surface area (Å²) >= 11 is 0. The van der Waals surface area contributed by atoms with Crippen molar-refractivity contribution in [2.24, 2.45) is 5.73 Å². The summed E-state index contributed by atoms with van der Waals surface area (Å²) in [6.07, 6.45) is 2.33. The molecule has 2 aromatic carbocycles. The lowest BCUT2D eigenvalue weighted by Gasteiger charge is -2.24. The lowest BCUT2D eigenvalue weighted by atomic mass is 10.1. The van der Waals surface area contributed by atoms with E-state index in [1.807, 2.05) is 30.3 Å². The van der Waals surface area contributed by atoms with Crippen molar-refractivity contribution in [2.75, 3.05) is 13.1 Å². The van der Waals surface area contributed by atoms with Crippen LogP contribution in [0, 0.1) is 0 Å². The van der Waals surface area contributed by atoms with Gasteiger partial charge in [0.1, 0.15) is 0 Å². The van der Waals surface area contributed by atoms with Crippen LogP contribution in [0.2, 0.25) is 0 Å². The molecular formula is C20H25N3O. The van der Waals surface area contributed by atoms with E-state index in [1.54, 1.807) is 0 Å². The Morgan fingerprint density at radius 2 is 1.83 bits per heavy atom.